The number of esters is 1. The molecule has 0 aliphatic carbocycles. The molecule has 5 rings (SSSR count). The lowest BCUT2D eigenvalue weighted by molar-refractivity contribution is -0.147. The summed E-state index contributed by atoms with van der Waals surface area (Å²) < 4.78 is 18.8. The molecule has 40 heavy (non-hydrogen) atoms. The fourth-order valence-electron chi connectivity index (χ4n) is 4.89. The van der Waals surface area contributed by atoms with Crippen LogP contribution in [0.25, 0.3) is 21.9 Å². The number of fused-ring (bicyclic) bond motifs is 2. The average molecular weight is 544 g/mol. The molecule has 3 heterocycles. The number of ether oxygens (including phenoxy) is 1. The number of hydrogen-bond donors (Lipinski definition) is 2. The largest absolute Gasteiger partial charge is 0.476 e. The molecule has 2 aromatic carbocycles. The Morgan fingerprint density at radius 1 is 1.07 bits per heavy atom. The lowest BCUT2D eigenvalue weighted by Crippen LogP contribution is -2.42. The van der Waals surface area contributed by atoms with Crippen LogP contribution in [0.4, 0.5) is 0 Å². The standard InChI is InChI=1S/C30H29N3O7/c1-16(2)25(30(37)40-24-14-18-9-5-8-12-23(18)39-24)27(34)31-21(28-32-26(29(35)36)17(3)38-28)13-19-15-33(4)22-11-7-6-10-20(19)22/h5-12,14-16,21,25H,13H2,1-4H3,(H,31,34)(H,35,36)/t21-,25+/m1/s1. The molecular weight excluding hydrogens is 514 g/mol. The van der Waals surface area contributed by atoms with E-state index in [9.17, 15) is 19.5 Å². The van der Waals surface area contributed by atoms with Crippen molar-refractivity contribution in [3.05, 3.63) is 83.7 Å². The lowest BCUT2D eigenvalue weighted by atomic mass is 9.94. The second kappa shape index (κ2) is 10.7. The summed E-state index contributed by atoms with van der Waals surface area (Å²) in [6.45, 7) is 4.97. The second-order valence-electron chi connectivity index (χ2n) is 10.1. The molecule has 2 atom stereocenters. The first-order valence-corrected chi connectivity index (χ1v) is 12.9. The van der Waals surface area contributed by atoms with Crippen LogP contribution in [0.15, 0.2) is 69.6 Å². The molecule has 5 aromatic rings. The number of aromatic nitrogens is 2. The summed E-state index contributed by atoms with van der Waals surface area (Å²) in [6.07, 6.45) is 2.18. The first-order valence-electron chi connectivity index (χ1n) is 12.9. The predicted octanol–water partition coefficient (Wildman–Crippen LogP) is 5.20. The zero-order valence-corrected chi connectivity index (χ0v) is 22.5. The van der Waals surface area contributed by atoms with Gasteiger partial charge in [-0.1, -0.05) is 50.2 Å². The lowest BCUT2D eigenvalue weighted by Gasteiger charge is -2.22. The molecule has 0 aliphatic heterocycles. The zero-order chi connectivity index (χ0) is 28.6. The van der Waals surface area contributed by atoms with Crippen molar-refractivity contribution in [2.75, 3.05) is 0 Å². The molecular formula is C30H29N3O7. The Hall–Kier alpha value is -4.86. The molecule has 0 saturated heterocycles. The first kappa shape index (κ1) is 26.7. The third-order valence-electron chi connectivity index (χ3n) is 6.84. The highest BCUT2D eigenvalue weighted by atomic mass is 16.6. The van der Waals surface area contributed by atoms with Crippen molar-refractivity contribution < 1.29 is 33.1 Å². The third-order valence-corrected chi connectivity index (χ3v) is 6.84. The maximum atomic E-state index is 13.6. The van der Waals surface area contributed by atoms with Crippen molar-refractivity contribution in [2.24, 2.45) is 18.9 Å². The van der Waals surface area contributed by atoms with E-state index in [1.807, 2.05) is 54.2 Å². The van der Waals surface area contributed by atoms with Gasteiger partial charge in [0.2, 0.25) is 11.8 Å². The molecule has 0 saturated carbocycles. The number of rotatable bonds is 9. The number of amides is 1. The van der Waals surface area contributed by atoms with Crippen LogP contribution < -0.4 is 10.1 Å². The van der Waals surface area contributed by atoms with E-state index in [0.29, 0.717) is 5.58 Å². The van der Waals surface area contributed by atoms with Gasteiger partial charge < -0.3 is 28.6 Å². The van der Waals surface area contributed by atoms with Gasteiger partial charge in [-0.3, -0.25) is 9.59 Å². The second-order valence-corrected chi connectivity index (χ2v) is 10.1. The summed E-state index contributed by atoms with van der Waals surface area (Å²) in [6, 6.07) is 15.7. The van der Waals surface area contributed by atoms with Gasteiger partial charge in [-0.25, -0.2) is 9.78 Å². The molecule has 3 aromatic heterocycles. The van der Waals surface area contributed by atoms with Crippen molar-refractivity contribution in [3.8, 4) is 5.95 Å². The summed E-state index contributed by atoms with van der Waals surface area (Å²) in [7, 11) is 1.92. The van der Waals surface area contributed by atoms with E-state index in [0.717, 1.165) is 21.9 Å². The summed E-state index contributed by atoms with van der Waals surface area (Å²) in [5, 5.41) is 14.1. The van der Waals surface area contributed by atoms with Crippen LogP contribution in [0.2, 0.25) is 0 Å². The van der Waals surface area contributed by atoms with Crippen LogP contribution in [-0.2, 0) is 23.1 Å². The van der Waals surface area contributed by atoms with Crippen LogP contribution in [-0.4, -0.2) is 32.5 Å². The van der Waals surface area contributed by atoms with E-state index < -0.39 is 35.7 Å². The fraction of sp³-hybridized carbons (Fsp3) is 0.267. The molecule has 10 heteroatoms. The highest BCUT2D eigenvalue weighted by Gasteiger charge is 2.35. The van der Waals surface area contributed by atoms with Gasteiger partial charge in [0.15, 0.2) is 5.69 Å². The SMILES string of the molecule is Cc1oc([C@@H](Cc2cn(C)c3ccccc23)NC(=O)[C@@H](C(=O)Oc2cc3ccccc3o2)C(C)C)nc1C(=O)O. The number of aromatic carboxylic acids is 1. The van der Waals surface area contributed by atoms with Crippen molar-refractivity contribution in [1.29, 1.82) is 0 Å². The molecule has 0 spiro atoms. The Kier molecular flexibility index (Phi) is 7.17. The van der Waals surface area contributed by atoms with Gasteiger partial charge in [-0.2, -0.15) is 0 Å². The average Bonchev–Trinajstić information content (AvgIpc) is 3.58. The van der Waals surface area contributed by atoms with E-state index >= 15 is 0 Å². The number of nitrogens with one attached hydrogen (secondary N) is 1. The third kappa shape index (κ3) is 5.20. The summed E-state index contributed by atoms with van der Waals surface area (Å²) >= 11 is 0. The van der Waals surface area contributed by atoms with Crippen molar-refractivity contribution in [3.63, 3.8) is 0 Å². The molecule has 206 valence electrons. The minimum atomic E-state index is -1.24. The van der Waals surface area contributed by atoms with Crippen LogP contribution in [0.1, 0.15) is 47.6 Å². The van der Waals surface area contributed by atoms with E-state index in [4.69, 9.17) is 13.6 Å². The van der Waals surface area contributed by atoms with Crippen LogP contribution >= 0.6 is 0 Å². The van der Waals surface area contributed by atoms with Gasteiger partial charge in [0.05, 0.1) is 0 Å². The van der Waals surface area contributed by atoms with E-state index in [2.05, 4.69) is 10.3 Å². The van der Waals surface area contributed by atoms with Gasteiger partial charge in [0.25, 0.3) is 5.95 Å². The number of nitrogens with zero attached hydrogens (tertiary/aromatic N) is 2. The molecule has 0 bridgehead atoms. The minimum Gasteiger partial charge on any atom is -0.476 e. The maximum absolute atomic E-state index is 13.6. The number of carbonyl (C=O) groups excluding carboxylic acids is 2. The number of carboxylic acids is 1. The highest BCUT2D eigenvalue weighted by molar-refractivity contribution is 5.99. The number of hydrogen-bond acceptors (Lipinski definition) is 7. The number of furan rings is 1. The van der Waals surface area contributed by atoms with Crippen LogP contribution in [0.3, 0.4) is 0 Å². The zero-order valence-electron chi connectivity index (χ0n) is 22.5. The molecule has 0 fully saturated rings. The van der Waals surface area contributed by atoms with E-state index in [-0.39, 0.29) is 29.7 Å². The normalized spacial score (nSPS) is 13.0. The quantitative estimate of drug-likeness (QED) is 0.191. The smallest absolute Gasteiger partial charge is 0.358 e. The number of aryl methyl sites for hydroxylation is 2. The number of para-hydroxylation sites is 2. The highest BCUT2D eigenvalue weighted by Crippen LogP contribution is 2.29. The maximum Gasteiger partial charge on any atom is 0.358 e. The van der Waals surface area contributed by atoms with Crippen molar-refractivity contribution in [2.45, 2.75) is 33.2 Å². The molecule has 0 aliphatic rings. The van der Waals surface area contributed by atoms with Gasteiger partial charge in [0.1, 0.15) is 23.3 Å². The van der Waals surface area contributed by atoms with E-state index in [1.54, 1.807) is 32.0 Å². The number of oxazole rings is 1. The van der Waals surface area contributed by atoms with Gasteiger partial charge >= 0.3 is 11.9 Å². The topological polar surface area (TPSA) is 137 Å². The molecule has 0 unspecified atom stereocenters. The van der Waals surface area contributed by atoms with Crippen LogP contribution in [0.5, 0.6) is 5.95 Å². The predicted molar refractivity (Wildman–Crippen MR) is 146 cm³/mol. The van der Waals surface area contributed by atoms with Gasteiger partial charge in [-0.15, -0.1) is 0 Å². The monoisotopic (exact) mass is 543 g/mol. The molecule has 10 nitrogen and oxygen atoms in total. The Morgan fingerprint density at radius 3 is 2.50 bits per heavy atom. The van der Waals surface area contributed by atoms with Crippen molar-refractivity contribution >= 4 is 39.7 Å². The van der Waals surface area contributed by atoms with Gasteiger partial charge in [-0.05, 0) is 30.5 Å². The summed E-state index contributed by atoms with van der Waals surface area (Å²) in [5.74, 6) is -4.08. The summed E-state index contributed by atoms with van der Waals surface area (Å²) in [4.78, 5) is 42.7. The van der Waals surface area contributed by atoms with Gasteiger partial charge in [0, 0.05) is 42.0 Å². The number of benzene rings is 2. The Labute approximate surface area is 229 Å². The number of carbonyl (C=O) groups is 3. The van der Waals surface area contributed by atoms with E-state index in [1.165, 1.54) is 6.92 Å². The molecule has 0 radical (unpaired) electrons. The minimum absolute atomic E-state index is 0.00798. The Morgan fingerprint density at radius 2 is 1.80 bits per heavy atom. The molecule has 1 amide bonds. The Balaban J connectivity index is 1.44. The molecule has 2 N–H and O–H groups in total. The fourth-order valence-corrected chi connectivity index (χ4v) is 4.89. The first-order chi connectivity index (χ1) is 19.1. The summed E-state index contributed by atoms with van der Waals surface area (Å²) in [5.41, 5.74) is 2.20. The van der Waals surface area contributed by atoms with Crippen molar-refractivity contribution in [1.82, 2.24) is 14.9 Å². The Bertz CT molecular complexity index is 1690. The number of carboxylic acid groups (broad SMARTS) is 1. The van der Waals surface area contributed by atoms with Crippen LogP contribution in [0, 0.1) is 18.8 Å².